The number of rotatable bonds is 15. The molecule has 0 amide bonds. The molecule has 10 nitrogen and oxygen atoms in total. The Morgan fingerprint density at radius 3 is 2.21 bits per heavy atom. The third-order valence-electron chi connectivity index (χ3n) is 11.7. The summed E-state index contributed by atoms with van der Waals surface area (Å²) in [6.45, 7) is 33.5. The minimum Gasteiger partial charge on any atom is -0.457 e. The van der Waals surface area contributed by atoms with Crippen LogP contribution in [0.3, 0.4) is 0 Å². The summed E-state index contributed by atoms with van der Waals surface area (Å²) in [6, 6.07) is 0. The monoisotopic (exact) mass is 823 g/mol. The Kier molecular flexibility index (Phi) is 17.4. The molecule has 2 rings (SSSR count). The summed E-state index contributed by atoms with van der Waals surface area (Å²) < 4.78 is 31.1. The van der Waals surface area contributed by atoms with Gasteiger partial charge in [-0.2, -0.15) is 0 Å². The van der Waals surface area contributed by atoms with Gasteiger partial charge in [-0.3, -0.25) is 9.59 Å². The van der Waals surface area contributed by atoms with Gasteiger partial charge in [-0.15, -0.1) is 0 Å². The molecule has 0 saturated carbocycles. The van der Waals surface area contributed by atoms with E-state index in [0.29, 0.717) is 19.3 Å². The highest BCUT2D eigenvalue weighted by molar-refractivity contribution is 6.99. The van der Waals surface area contributed by atoms with E-state index in [2.05, 4.69) is 68.5 Å². The maximum absolute atomic E-state index is 13.6. The molecule has 1 fully saturated rings. The van der Waals surface area contributed by atoms with Crippen molar-refractivity contribution in [3.63, 3.8) is 0 Å². The number of epoxide rings is 1. The third kappa shape index (κ3) is 15.7. The van der Waals surface area contributed by atoms with Crippen LogP contribution in [-0.4, -0.2) is 92.0 Å². The van der Waals surface area contributed by atoms with E-state index < -0.39 is 58.1 Å². The first-order valence-corrected chi connectivity index (χ1v) is 26.5. The molecule has 322 valence electrons. The third-order valence-corrected chi connectivity index (χ3v) is 18.6. The lowest BCUT2D eigenvalue weighted by Gasteiger charge is -2.40. The second-order valence-corrected chi connectivity index (χ2v) is 28.9. The highest BCUT2D eigenvalue weighted by Gasteiger charge is 2.49. The lowest BCUT2D eigenvalue weighted by Crippen LogP contribution is -2.47. The van der Waals surface area contributed by atoms with Crippen molar-refractivity contribution >= 4 is 34.0 Å². The fourth-order valence-electron chi connectivity index (χ4n) is 6.98. The van der Waals surface area contributed by atoms with Crippen LogP contribution in [0.25, 0.3) is 0 Å². The van der Waals surface area contributed by atoms with E-state index in [9.17, 15) is 24.6 Å². The second-order valence-electron chi connectivity index (χ2n) is 20.3. The van der Waals surface area contributed by atoms with Crippen LogP contribution in [0.15, 0.2) is 36.0 Å². The van der Waals surface area contributed by atoms with Crippen LogP contribution in [-0.2, 0) is 37.4 Å². The summed E-state index contributed by atoms with van der Waals surface area (Å²) in [4.78, 5) is 38.8. The van der Waals surface area contributed by atoms with Gasteiger partial charge in [0, 0.05) is 31.6 Å². The van der Waals surface area contributed by atoms with Gasteiger partial charge in [-0.1, -0.05) is 86.6 Å². The van der Waals surface area contributed by atoms with Gasteiger partial charge in [0.2, 0.25) is 0 Å². The van der Waals surface area contributed by atoms with E-state index in [1.165, 1.54) is 6.92 Å². The number of hydrogen-bond donors (Lipinski definition) is 2. The number of carbonyl (C=O) groups excluding carboxylic acids is 3. The molecule has 0 aromatic heterocycles. The smallest absolute Gasteiger partial charge is 0.308 e. The Morgan fingerprint density at radius 2 is 1.68 bits per heavy atom. The molecule has 0 spiro atoms. The molecule has 1 saturated heterocycles. The molecule has 0 aromatic carbocycles. The number of carbonyl (C=O) groups is 3. The maximum Gasteiger partial charge on any atom is 0.308 e. The van der Waals surface area contributed by atoms with Crippen molar-refractivity contribution in [3.05, 3.63) is 36.0 Å². The molecule has 2 N–H and O–H groups in total. The van der Waals surface area contributed by atoms with Gasteiger partial charge < -0.3 is 38.1 Å². The summed E-state index contributed by atoms with van der Waals surface area (Å²) in [5.74, 6) is -1.19. The van der Waals surface area contributed by atoms with Gasteiger partial charge in [0.05, 0.1) is 36.4 Å². The van der Waals surface area contributed by atoms with Gasteiger partial charge in [-0.25, -0.2) is 0 Å². The molecular weight excluding hydrogens is 745 g/mol. The largest absolute Gasteiger partial charge is 0.457 e. The van der Waals surface area contributed by atoms with Crippen molar-refractivity contribution in [1.82, 2.24) is 0 Å². The predicted octanol–water partition coefficient (Wildman–Crippen LogP) is 8.94. The van der Waals surface area contributed by atoms with Crippen molar-refractivity contribution in [3.8, 4) is 0 Å². The predicted molar refractivity (Wildman–Crippen MR) is 228 cm³/mol. The summed E-state index contributed by atoms with van der Waals surface area (Å²) in [5, 5.41) is 23.1. The fraction of sp³-hybridized carbons (Fsp3) is 0.795. The minimum atomic E-state index is -2.59. The van der Waals surface area contributed by atoms with Crippen LogP contribution >= 0.6 is 0 Å². The number of cyclic esters (lactones) is 1. The molecule has 12 heteroatoms. The van der Waals surface area contributed by atoms with E-state index in [0.717, 1.165) is 12.0 Å². The van der Waals surface area contributed by atoms with E-state index >= 15 is 0 Å². The second kappa shape index (κ2) is 19.4. The molecule has 2 heterocycles. The standard InChI is InChI=1S/C44H78O10Si2/c1-18-34(54-55(14,15)38(47)28-41(6,7)8)31(4)40-35(51-40)27-43(12,48)24-19-20-29(2)39-30(3)21-22-36(50-32(5)45)44(13,49)25-23-33(26-37(46)52-39)53-56(16,17)42(9,10)11/h19-22,24,30-31,33-36,39-40,48-49H,18,23,25-28H2,1-17H3/b22-21+,24-19+,29-20+/t30-,31+,33+,34-,35+,36+,39+,40+,43-,44+/m0/s1. The summed E-state index contributed by atoms with van der Waals surface area (Å²) >= 11 is 0. The normalized spacial score (nSPS) is 30.3. The van der Waals surface area contributed by atoms with Crippen LogP contribution in [0, 0.1) is 17.3 Å². The van der Waals surface area contributed by atoms with E-state index in [1.807, 2.05) is 39.1 Å². The van der Waals surface area contributed by atoms with Gasteiger partial charge >= 0.3 is 11.9 Å². The molecule has 56 heavy (non-hydrogen) atoms. The van der Waals surface area contributed by atoms with Crippen molar-refractivity contribution in [2.45, 2.75) is 208 Å². The number of ether oxygens (including phenoxy) is 3. The lowest BCUT2D eigenvalue weighted by molar-refractivity contribution is -0.157. The zero-order valence-corrected chi connectivity index (χ0v) is 39.9. The first kappa shape index (κ1) is 50.2. The molecular formula is C44H78O10Si2. The molecule has 0 aliphatic carbocycles. The molecule has 0 radical (unpaired) electrons. The topological polar surface area (TPSA) is 141 Å². The van der Waals surface area contributed by atoms with Crippen LogP contribution in [0.2, 0.25) is 31.2 Å². The van der Waals surface area contributed by atoms with Crippen molar-refractivity contribution in [2.24, 2.45) is 17.3 Å². The van der Waals surface area contributed by atoms with Crippen LogP contribution in [0.4, 0.5) is 0 Å². The SMILES string of the molecule is CC[C@H](O[Si](C)(C)C(=O)CC(C)(C)C)[C@@H](C)[C@H]1O[C@@H]1C[C@@](C)(O)/C=C/C=C(\C)[C@H]1OC(=O)C[C@H](O[Si](C)(C)C(C)(C)C)CC[C@@](C)(O)[C@H](OC(C)=O)/C=C/[C@@H]1C. The fourth-order valence-corrected chi connectivity index (χ4v) is 10.6. The number of hydrogen-bond acceptors (Lipinski definition) is 10. The summed E-state index contributed by atoms with van der Waals surface area (Å²) in [6.07, 6.45) is 8.70. The van der Waals surface area contributed by atoms with Crippen molar-refractivity contribution in [1.29, 1.82) is 0 Å². The highest BCUT2D eigenvalue weighted by Crippen LogP contribution is 2.41. The quantitative estimate of drug-likeness (QED) is 0.0541. The van der Waals surface area contributed by atoms with Crippen LogP contribution in [0.5, 0.6) is 0 Å². The number of allylic oxidation sites excluding steroid dienone is 2. The van der Waals surface area contributed by atoms with Gasteiger partial charge in [0.15, 0.2) is 8.32 Å². The Bertz CT molecular complexity index is 1430. The first-order chi connectivity index (χ1) is 25.3. The van der Waals surface area contributed by atoms with E-state index in [1.54, 1.807) is 32.1 Å². The highest BCUT2D eigenvalue weighted by atomic mass is 28.4. The van der Waals surface area contributed by atoms with Crippen molar-refractivity contribution < 1.29 is 47.7 Å². The Labute approximate surface area is 341 Å². The minimum absolute atomic E-state index is 0.0173. The zero-order chi connectivity index (χ0) is 43.2. The van der Waals surface area contributed by atoms with E-state index in [4.69, 9.17) is 23.1 Å². The lowest BCUT2D eigenvalue weighted by atomic mass is 9.88. The van der Waals surface area contributed by atoms with E-state index in [-0.39, 0.29) is 58.8 Å². The number of aliphatic hydroxyl groups is 2. The first-order valence-electron chi connectivity index (χ1n) is 20.7. The maximum atomic E-state index is 13.6. The summed E-state index contributed by atoms with van der Waals surface area (Å²) in [7, 11) is -4.88. The molecule has 10 atom stereocenters. The average molecular weight is 823 g/mol. The molecule has 0 aromatic rings. The van der Waals surface area contributed by atoms with Gasteiger partial charge in [0.25, 0.3) is 8.32 Å². The van der Waals surface area contributed by atoms with Crippen LogP contribution < -0.4 is 0 Å². The Hall–Kier alpha value is -1.94. The van der Waals surface area contributed by atoms with Gasteiger partial charge in [0.1, 0.15) is 23.2 Å². The van der Waals surface area contributed by atoms with Crippen molar-refractivity contribution in [2.75, 3.05) is 0 Å². The zero-order valence-electron chi connectivity index (χ0n) is 37.9. The molecule has 0 unspecified atom stereocenters. The molecule has 2 aliphatic rings. The average Bonchev–Trinajstić information content (AvgIpc) is 3.78. The Balaban J connectivity index is 2.26. The molecule has 0 bridgehead atoms. The Morgan fingerprint density at radius 1 is 1.07 bits per heavy atom. The number of esters is 2. The summed E-state index contributed by atoms with van der Waals surface area (Å²) in [5.41, 5.74) is -1.92. The molecule has 2 aliphatic heterocycles. The van der Waals surface area contributed by atoms with Gasteiger partial charge in [-0.05, 0) is 88.3 Å². The van der Waals surface area contributed by atoms with Crippen LogP contribution in [0.1, 0.15) is 129 Å².